The second-order valence-corrected chi connectivity index (χ2v) is 8.82. The fraction of sp³-hybridized carbons (Fsp3) is 0.320. The molecule has 2 atom stereocenters. The molecule has 0 radical (unpaired) electrons. The third-order valence-electron chi connectivity index (χ3n) is 6.53. The smallest absolute Gasteiger partial charge is 0.453 e. The molecule has 0 saturated carbocycles. The minimum Gasteiger partial charge on any atom is -0.490 e. The van der Waals surface area contributed by atoms with Crippen LogP contribution in [0.25, 0.3) is 0 Å². The summed E-state index contributed by atoms with van der Waals surface area (Å²) in [5, 5.41) is 6.76. The predicted octanol–water partition coefficient (Wildman–Crippen LogP) is 4.87. The number of hydrogen-bond donors (Lipinski definition) is 1. The molecule has 10 heteroatoms. The highest BCUT2D eigenvalue weighted by Gasteiger charge is 2.43. The van der Waals surface area contributed by atoms with Gasteiger partial charge in [0.25, 0.3) is 5.82 Å². The van der Waals surface area contributed by atoms with Crippen molar-refractivity contribution in [2.45, 2.75) is 37.4 Å². The van der Waals surface area contributed by atoms with Crippen LogP contribution in [-0.4, -0.2) is 33.8 Å². The van der Waals surface area contributed by atoms with Crippen LogP contribution in [0.1, 0.15) is 48.2 Å². The molecule has 0 spiro atoms. The van der Waals surface area contributed by atoms with Gasteiger partial charge < -0.3 is 14.8 Å². The zero-order chi connectivity index (χ0) is 24.2. The summed E-state index contributed by atoms with van der Waals surface area (Å²) in [6.07, 6.45) is -3.28. The number of Topliss-reactive ketones (excluding diaryl/α,β-unsaturated/α-hetero) is 1. The largest absolute Gasteiger partial charge is 0.490 e. The summed E-state index contributed by atoms with van der Waals surface area (Å²) in [5.74, 6) is -0.483. The summed E-state index contributed by atoms with van der Waals surface area (Å²) >= 11 is 0. The lowest BCUT2D eigenvalue weighted by molar-refractivity contribution is -0.145. The third-order valence-corrected chi connectivity index (χ3v) is 6.53. The Morgan fingerprint density at radius 1 is 0.971 bits per heavy atom. The van der Waals surface area contributed by atoms with Gasteiger partial charge in [0.1, 0.15) is 6.04 Å². The molecule has 2 unspecified atom stereocenters. The van der Waals surface area contributed by atoms with E-state index in [0.717, 1.165) is 10.2 Å². The number of allylic oxidation sites excluding steroid dienone is 2. The van der Waals surface area contributed by atoms with Crippen molar-refractivity contribution in [1.82, 2.24) is 14.8 Å². The van der Waals surface area contributed by atoms with E-state index in [1.54, 1.807) is 18.2 Å². The Morgan fingerprint density at radius 2 is 1.74 bits per heavy atom. The maximum atomic E-state index is 13.5. The van der Waals surface area contributed by atoms with Gasteiger partial charge in [0.05, 0.1) is 13.2 Å². The molecule has 1 aliphatic carbocycles. The third kappa shape index (κ3) is 3.82. The number of ketones is 1. The number of nitrogens with zero attached hydrogens (tertiary/aromatic N) is 3. The number of alkyl halides is 3. The van der Waals surface area contributed by atoms with E-state index < -0.39 is 18.0 Å². The Hall–Kier alpha value is -3.82. The molecule has 2 aliphatic heterocycles. The average Bonchev–Trinajstić information content (AvgIpc) is 3.14. The van der Waals surface area contributed by atoms with E-state index in [9.17, 15) is 18.0 Å². The Morgan fingerprint density at radius 3 is 2.51 bits per heavy atom. The lowest BCUT2D eigenvalue weighted by Gasteiger charge is -2.35. The van der Waals surface area contributed by atoms with Crippen molar-refractivity contribution < 1.29 is 27.4 Å². The van der Waals surface area contributed by atoms with Gasteiger partial charge in [-0.05, 0) is 35.6 Å². The number of ether oxygens (including phenoxy) is 2. The lowest BCUT2D eigenvalue weighted by Crippen LogP contribution is -2.33. The maximum Gasteiger partial charge on any atom is 0.453 e. The van der Waals surface area contributed by atoms with Gasteiger partial charge in [-0.1, -0.05) is 36.4 Å². The van der Waals surface area contributed by atoms with Crippen LogP contribution < -0.4 is 14.8 Å². The molecule has 35 heavy (non-hydrogen) atoms. The molecule has 1 N–H and O–H groups in total. The summed E-state index contributed by atoms with van der Waals surface area (Å²) in [5.41, 5.74) is 2.55. The molecular formula is C25H21F3N4O3. The van der Waals surface area contributed by atoms with Gasteiger partial charge in [-0.2, -0.15) is 18.2 Å². The van der Waals surface area contributed by atoms with Gasteiger partial charge in [-0.3, -0.25) is 4.79 Å². The summed E-state index contributed by atoms with van der Waals surface area (Å²) in [6, 6.07) is 13.9. The number of hydrogen-bond acceptors (Lipinski definition) is 6. The highest BCUT2D eigenvalue weighted by atomic mass is 19.4. The number of rotatable bonds is 2. The van der Waals surface area contributed by atoms with E-state index in [4.69, 9.17) is 9.47 Å². The normalized spacial score (nSPS) is 21.6. The number of nitrogens with one attached hydrogen (secondary N) is 1. The molecule has 0 amide bonds. The number of halogens is 3. The minimum absolute atomic E-state index is 0.0466. The zero-order valence-corrected chi connectivity index (χ0v) is 18.5. The van der Waals surface area contributed by atoms with E-state index in [-0.39, 0.29) is 24.1 Å². The van der Waals surface area contributed by atoms with Crippen molar-refractivity contribution >= 4 is 11.7 Å². The molecular weight excluding hydrogens is 461 g/mol. The van der Waals surface area contributed by atoms with E-state index in [1.807, 2.05) is 30.3 Å². The topological polar surface area (TPSA) is 78.3 Å². The van der Waals surface area contributed by atoms with Crippen LogP contribution in [0.15, 0.2) is 59.8 Å². The van der Waals surface area contributed by atoms with Gasteiger partial charge >= 0.3 is 6.18 Å². The van der Waals surface area contributed by atoms with Crippen molar-refractivity contribution in [3.8, 4) is 11.5 Å². The van der Waals surface area contributed by atoms with Crippen LogP contribution in [-0.2, 0) is 11.0 Å². The van der Waals surface area contributed by atoms with Crippen molar-refractivity contribution in [3.63, 3.8) is 0 Å². The van der Waals surface area contributed by atoms with Crippen LogP contribution in [0.4, 0.5) is 19.1 Å². The first-order valence-electron chi connectivity index (χ1n) is 11.4. The number of carbonyl (C=O) groups excluding carboxylic acids is 1. The second-order valence-electron chi connectivity index (χ2n) is 8.82. The van der Waals surface area contributed by atoms with Crippen molar-refractivity contribution in [2.24, 2.45) is 0 Å². The number of anilines is 1. The Kier molecular flexibility index (Phi) is 5.05. The average molecular weight is 482 g/mol. The summed E-state index contributed by atoms with van der Waals surface area (Å²) in [6.45, 7) is 0.970. The summed E-state index contributed by atoms with van der Waals surface area (Å²) in [7, 11) is 0. The number of benzene rings is 2. The molecule has 3 aromatic rings. The fourth-order valence-electron chi connectivity index (χ4n) is 4.95. The Balaban J connectivity index is 1.48. The van der Waals surface area contributed by atoms with Crippen LogP contribution >= 0.6 is 0 Å². The molecule has 1 aromatic heterocycles. The van der Waals surface area contributed by atoms with Crippen LogP contribution in [0, 0.1) is 0 Å². The molecule has 6 rings (SSSR count). The molecule has 3 aliphatic rings. The molecule has 0 fully saturated rings. The first-order valence-corrected chi connectivity index (χ1v) is 11.4. The molecule has 3 heterocycles. The highest BCUT2D eigenvalue weighted by Crippen LogP contribution is 2.46. The SMILES string of the molecule is O=C1CC(c2ccccc2)CC2=C1C(c1ccc3c(c1)OCCCO3)n1nc(C(F)(F)F)nc1N2. The zero-order valence-electron chi connectivity index (χ0n) is 18.5. The number of aromatic nitrogens is 3. The molecule has 180 valence electrons. The van der Waals surface area contributed by atoms with Gasteiger partial charge in [0.2, 0.25) is 5.95 Å². The molecule has 2 aromatic carbocycles. The van der Waals surface area contributed by atoms with E-state index in [0.29, 0.717) is 54.4 Å². The molecule has 0 saturated heterocycles. The van der Waals surface area contributed by atoms with Gasteiger partial charge in [-0.25, -0.2) is 4.68 Å². The van der Waals surface area contributed by atoms with Gasteiger partial charge in [0, 0.05) is 24.1 Å². The fourth-order valence-corrected chi connectivity index (χ4v) is 4.95. The van der Waals surface area contributed by atoms with E-state index in [2.05, 4.69) is 15.4 Å². The van der Waals surface area contributed by atoms with Crippen LogP contribution in [0.5, 0.6) is 11.5 Å². The maximum absolute atomic E-state index is 13.5. The van der Waals surface area contributed by atoms with Crippen molar-refractivity contribution in [2.75, 3.05) is 18.5 Å². The van der Waals surface area contributed by atoms with Gasteiger partial charge in [-0.15, -0.1) is 5.10 Å². The quantitative estimate of drug-likeness (QED) is 0.561. The van der Waals surface area contributed by atoms with Crippen LogP contribution in [0.2, 0.25) is 0 Å². The Bertz CT molecular complexity index is 1330. The minimum atomic E-state index is -4.72. The summed E-state index contributed by atoms with van der Waals surface area (Å²) in [4.78, 5) is 17.2. The predicted molar refractivity (Wildman–Crippen MR) is 119 cm³/mol. The number of fused-ring (bicyclic) bond motifs is 2. The first-order chi connectivity index (χ1) is 16.9. The first kappa shape index (κ1) is 21.7. The Labute approximate surface area is 198 Å². The van der Waals surface area contributed by atoms with Crippen molar-refractivity contribution in [3.05, 3.63) is 76.8 Å². The summed E-state index contributed by atoms with van der Waals surface area (Å²) < 4.78 is 53.2. The van der Waals surface area contributed by atoms with E-state index >= 15 is 0 Å². The lowest BCUT2D eigenvalue weighted by atomic mass is 9.78. The standard InChI is InChI=1S/C25H21F3N4O3/c26-25(27,28)23-30-24-29-17-11-16(14-5-2-1-3-6-14)12-18(33)21(17)22(32(24)31-23)15-7-8-19-20(13-15)35-10-4-9-34-19/h1-3,5-8,13,16,22H,4,9-12H2,(H,29,30,31). The molecule has 7 nitrogen and oxygen atoms in total. The number of carbonyl (C=O) groups is 1. The van der Waals surface area contributed by atoms with Crippen LogP contribution in [0.3, 0.4) is 0 Å². The van der Waals surface area contributed by atoms with Gasteiger partial charge in [0.15, 0.2) is 17.3 Å². The van der Waals surface area contributed by atoms with Crippen molar-refractivity contribution in [1.29, 1.82) is 0 Å². The molecule has 0 bridgehead atoms. The monoisotopic (exact) mass is 482 g/mol. The van der Waals surface area contributed by atoms with E-state index in [1.165, 1.54) is 0 Å². The highest BCUT2D eigenvalue weighted by molar-refractivity contribution is 6.00. The second kappa shape index (κ2) is 8.14.